The van der Waals surface area contributed by atoms with Crippen molar-refractivity contribution in [2.24, 2.45) is 16.8 Å². The van der Waals surface area contributed by atoms with Gasteiger partial charge in [0, 0.05) is 32.6 Å². The monoisotopic (exact) mass is 297 g/mol. The Morgan fingerprint density at radius 1 is 1.29 bits per heavy atom. The molecule has 122 valence electrons. The van der Waals surface area contributed by atoms with Crippen molar-refractivity contribution in [2.45, 2.75) is 46.5 Å². The maximum Gasteiger partial charge on any atom is 0.305 e. The van der Waals surface area contributed by atoms with Gasteiger partial charge in [0.15, 0.2) is 5.96 Å². The van der Waals surface area contributed by atoms with Gasteiger partial charge in [-0.1, -0.05) is 13.8 Å². The van der Waals surface area contributed by atoms with Gasteiger partial charge in [0.1, 0.15) is 0 Å². The molecule has 1 saturated heterocycles. The molecule has 0 radical (unpaired) electrons. The third kappa shape index (κ3) is 6.82. The molecular weight excluding hydrogens is 266 g/mol. The Bertz CT molecular complexity index is 334. The van der Waals surface area contributed by atoms with Crippen molar-refractivity contribution in [3.63, 3.8) is 0 Å². The lowest BCUT2D eigenvalue weighted by atomic mass is 9.92. The highest BCUT2D eigenvalue weighted by atomic mass is 16.5. The van der Waals surface area contributed by atoms with E-state index in [9.17, 15) is 4.79 Å². The predicted molar refractivity (Wildman–Crippen MR) is 86.4 cm³/mol. The van der Waals surface area contributed by atoms with Crippen LogP contribution in [-0.2, 0) is 9.53 Å². The van der Waals surface area contributed by atoms with E-state index < -0.39 is 0 Å². The fraction of sp³-hybridized carbons (Fsp3) is 0.875. The van der Waals surface area contributed by atoms with Gasteiger partial charge in [-0.25, -0.2) is 0 Å². The highest BCUT2D eigenvalue weighted by Crippen LogP contribution is 2.20. The lowest BCUT2D eigenvalue weighted by Gasteiger charge is -2.37. The van der Waals surface area contributed by atoms with Crippen LogP contribution in [0.4, 0.5) is 0 Å². The van der Waals surface area contributed by atoms with Crippen LogP contribution in [0.15, 0.2) is 4.99 Å². The predicted octanol–water partition coefficient (Wildman–Crippen LogP) is 2.27. The number of piperidine rings is 1. The first-order chi connectivity index (χ1) is 10.1. The van der Waals surface area contributed by atoms with Gasteiger partial charge >= 0.3 is 5.97 Å². The Balaban J connectivity index is 2.44. The summed E-state index contributed by atoms with van der Waals surface area (Å²) in [6.07, 6.45) is 3.54. The van der Waals surface area contributed by atoms with E-state index in [1.165, 1.54) is 13.5 Å². The number of carbonyl (C=O) groups excluding carboxylic acids is 1. The number of carbonyl (C=O) groups is 1. The minimum absolute atomic E-state index is 0.135. The molecule has 0 aromatic heterocycles. The van der Waals surface area contributed by atoms with Crippen molar-refractivity contribution in [2.75, 3.05) is 33.3 Å². The van der Waals surface area contributed by atoms with E-state index in [0.29, 0.717) is 6.42 Å². The Labute approximate surface area is 129 Å². The van der Waals surface area contributed by atoms with Crippen molar-refractivity contribution in [1.29, 1.82) is 0 Å². The van der Waals surface area contributed by atoms with Gasteiger partial charge in [-0.15, -0.1) is 0 Å². The van der Waals surface area contributed by atoms with E-state index >= 15 is 0 Å². The van der Waals surface area contributed by atoms with Crippen molar-refractivity contribution in [3.05, 3.63) is 0 Å². The second kappa shape index (κ2) is 9.64. The number of hydrogen-bond donors (Lipinski definition) is 1. The molecule has 1 aliphatic rings. The first kappa shape index (κ1) is 17.8. The number of hydrogen-bond acceptors (Lipinski definition) is 3. The third-order valence-corrected chi connectivity index (χ3v) is 3.78. The summed E-state index contributed by atoms with van der Waals surface area (Å²) in [5, 5.41) is 3.39. The Morgan fingerprint density at radius 3 is 2.52 bits per heavy atom. The van der Waals surface area contributed by atoms with Crippen LogP contribution < -0.4 is 5.32 Å². The summed E-state index contributed by atoms with van der Waals surface area (Å²) in [5.74, 6) is 2.33. The molecule has 0 aromatic rings. The second-order valence-corrected chi connectivity index (χ2v) is 6.12. The number of likely N-dealkylation sites (tertiary alicyclic amines) is 1. The number of rotatable bonds is 6. The summed E-state index contributed by atoms with van der Waals surface area (Å²) in [4.78, 5) is 18.1. The zero-order valence-corrected chi connectivity index (χ0v) is 14.0. The van der Waals surface area contributed by atoms with E-state index in [2.05, 4.69) is 35.7 Å². The van der Waals surface area contributed by atoms with Crippen molar-refractivity contribution in [3.8, 4) is 0 Å². The van der Waals surface area contributed by atoms with Crippen molar-refractivity contribution in [1.82, 2.24) is 10.2 Å². The lowest BCUT2D eigenvalue weighted by Crippen LogP contribution is -2.48. The Kier molecular flexibility index (Phi) is 8.16. The van der Waals surface area contributed by atoms with Gasteiger partial charge in [-0.05, 0) is 38.0 Å². The van der Waals surface area contributed by atoms with E-state index in [1.54, 1.807) is 0 Å². The Hall–Kier alpha value is -1.26. The van der Waals surface area contributed by atoms with E-state index in [1.807, 2.05) is 0 Å². The molecular formula is C16H31N3O2. The van der Waals surface area contributed by atoms with Crippen LogP contribution >= 0.6 is 0 Å². The maximum absolute atomic E-state index is 11.1. The zero-order valence-electron chi connectivity index (χ0n) is 14.0. The number of nitrogens with one attached hydrogen (secondary N) is 1. The number of esters is 1. The van der Waals surface area contributed by atoms with Crippen LogP contribution in [-0.4, -0.2) is 50.1 Å². The molecule has 1 rings (SSSR count). The van der Waals surface area contributed by atoms with Crippen LogP contribution in [0.5, 0.6) is 0 Å². The normalized spacial score (nSPS) is 23.0. The first-order valence-electron chi connectivity index (χ1n) is 8.16. The molecule has 0 amide bonds. The van der Waals surface area contributed by atoms with Crippen LogP contribution in [0.2, 0.25) is 0 Å². The highest BCUT2D eigenvalue weighted by Gasteiger charge is 2.23. The minimum Gasteiger partial charge on any atom is -0.469 e. The molecule has 0 aromatic carbocycles. The molecule has 1 N–H and O–H groups in total. The topological polar surface area (TPSA) is 53.9 Å². The SMILES string of the molecule is CCNC(=NCCCCC(=O)OC)N1CC(C)CC(C)C1. The maximum atomic E-state index is 11.1. The number of nitrogens with zero attached hydrogens (tertiary/aromatic N) is 2. The van der Waals surface area contributed by atoms with Gasteiger partial charge in [0.05, 0.1) is 7.11 Å². The molecule has 21 heavy (non-hydrogen) atoms. The molecule has 5 nitrogen and oxygen atoms in total. The molecule has 0 saturated carbocycles. The number of aliphatic imine (C=N–C) groups is 1. The fourth-order valence-electron chi connectivity index (χ4n) is 2.93. The van der Waals surface area contributed by atoms with Crippen LogP contribution in [0.25, 0.3) is 0 Å². The average Bonchev–Trinajstić information content (AvgIpc) is 2.44. The molecule has 0 aliphatic carbocycles. The third-order valence-electron chi connectivity index (χ3n) is 3.78. The molecule has 0 spiro atoms. The lowest BCUT2D eigenvalue weighted by molar-refractivity contribution is -0.140. The van der Waals surface area contributed by atoms with E-state index in [-0.39, 0.29) is 5.97 Å². The summed E-state index contributed by atoms with van der Waals surface area (Å²) in [7, 11) is 1.43. The molecule has 2 atom stereocenters. The molecule has 1 aliphatic heterocycles. The van der Waals surface area contributed by atoms with Crippen LogP contribution in [0.3, 0.4) is 0 Å². The van der Waals surface area contributed by atoms with Gasteiger partial charge in [-0.3, -0.25) is 9.79 Å². The van der Waals surface area contributed by atoms with Gasteiger partial charge in [-0.2, -0.15) is 0 Å². The average molecular weight is 297 g/mol. The number of ether oxygens (including phenoxy) is 1. The van der Waals surface area contributed by atoms with Crippen LogP contribution in [0.1, 0.15) is 46.5 Å². The number of methoxy groups -OCH3 is 1. The highest BCUT2D eigenvalue weighted by molar-refractivity contribution is 5.80. The number of unbranched alkanes of at least 4 members (excludes halogenated alkanes) is 1. The van der Waals surface area contributed by atoms with E-state index in [0.717, 1.165) is 56.8 Å². The number of guanidine groups is 1. The summed E-state index contributed by atoms with van der Waals surface area (Å²) < 4.78 is 4.64. The van der Waals surface area contributed by atoms with Gasteiger partial charge in [0.25, 0.3) is 0 Å². The quantitative estimate of drug-likeness (QED) is 0.354. The molecule has 5 heteroatoms. The van der Waals surface area contributed by atoms with Crippen molar-refractivity contribution < 1.29 is 9.53 Å². The van der Waals surface area contributed by atoms with Gasteiger partial charge < -0.3 is 15.0 Å². The first-order valence-corrected chi connectivity index (χ1v) is 8.16. The largest absolute Gasteiger partial charge is 0.469 e. The summed E-state index contributed by atoms with van der Waals surface area (Å²) in [6, 6.07) is 0. The summed E-state index contributed by atoms with van der Waals surface area (Å²) in [6.45, 7) is 10.5. The van der Waals surface area contributed by atoms with E-state index in [4.69, 9.17) is 4.99 Å². The molecule has 2 unspecified atom stereocenters. The second-order valence-electron chi connectivity index (χ2n) is 6.12. The summed E-state index contributed by atoms with van der Waals surface area (Å²) in [5.41, 5.74) is 0. The zero-order chi connectivity index (χ0) is 15.7. The molecule has 1 heterocycles. The molecule has 0 bridgehead atoms. The minimum atomic E-state index is -0.135. The molecule has 1 fully saturated rings. The van der Waals surface area contributed by atoms with Crippen LogP contribution in [0, 0.1) is 11.8 Å². The standard InChI is InChI=1S/C16H31N3O2/c1-5-17-16(18-9-7-6-8-15(20)21-4)19-11-13(2)10-14(3)12-19/h13-14H,5-12H2,1-4H3,(H,17,18). The van der Waals surface area contributed by atoms with Gasteiger partial charge in [0.2, 0.25) is 0 Å². The summed E-state index contributed by atoms with van der Waals surface area (Å²) >= 11 is 0. The Morgan fingerprint density at radius 2 is 1.95 bits per heavy atom. The fourth-order valence-corrected chi connectivity index (χ4v) is 2.93. The van der Waals surface area contributed by atoms with Crippen molar-refractivity contribution >= 4 is 11.9 Å². The smallest absolute Gasteiger partial charge is 0.305 e.